The van der Waals surface area contributed by atoms with Crippen LogP contribution in [0.15, 0.2) is 18.3 Å². The maximum absolute atomic E-state index is 10.5. The summed E-state index contributed by atoms with van der Waals surface area (Å²) in [6, 6.07) is 3.35. The third-order valence-corrected chi connectivity index (χ3v) is 2.77. The zero-order valence-electron chi connectivity index (χ0n) is 8.23. The van der Waals surface area contributed by atoms with E-state index in [1.54, 1.807) is 23.9 Å². The average Bonchev–Trinajstić information content (AvgIpc) is 2.15. The number of aromatic carboxylic acids is 1. The maximum Gasteiger partial charge on any atom is 0.337 e. The van der Waals surface area contributed by atoms with Crippen molar-refractivity contribution in [3.8, 4) is 0 Å². The van der Waals surface area contributed by atoms with Gasteiger partial charge < -0.3 is 5.11 Å². The summed E-state index contributed by atoms with van der Waals surface area (Å²) in [5.74, 6) is -0.0991. The van der Waals surface area contributed by atoms with Gasteiger partial charge in [0.15, 0.2) is 0 Å². The predicted octanol–water partition coefficient (Wildman–Crippen LogP) is 2.42. The second-order valence-corrected chi connectivity index (χ2v) is 4.77. The quantitative estimate of drug-likeness (QED) is 0.831. The van der Waals surface area contributed by atoms with Crippen molar-refractivity contribution >= 4 is 17.7 Å². The van der Waals surface area contributed by atoms with Gasteiger partial charge in [-0.15, -0.1) is 0 Å². The van der Waals surface area contributed by atoms with Gasteiger partial charge >= 0.3 is 5.97 Å². The zero-order valence-corrected chi connectivity index (χ0v) is 9.04. The Morgan fingerprint density at radius 2 is 2.29 bits per heavy atom. The number of hydrogen-bond acceptors (Lipinski definition) is 3. The van der Waals surface area contributed by atoms with E-state index in [2.05, 4.69) is 18.8 Å². The summed E-state index contributed by atoms with van der Waals surface area (Å²) < 4.78 is 0. The molecule has 1 N–H and O–H groups in total. The molecular weight excluding hydrogens is 198 g/mol. The minimum absolute atomic E-state index is 0.239. The lowest BCUT2D eigenvalue weighted by atomic mass is 10.2. The molecule has 0 aromatic carbocycles. The highest BCUT2D eigenvalue weighted by Gasteiger charge is 2.03. The Morgan fingerprint density at radius 1 is 1.57 bits per heavy atom. The Balaban J connectivity index is 2.60. The number of nitrogens with zero attached hydrogens (tertiary/aromatic N) is 1. The van der Waals surface area contributed by atoms with Gasteiger partial charge in [-0.1, -0.05) is 13.8 Å². The average molecular weight is 211 g/mol. The van der Waals surface area contributed by atoms with Crippen LogP contribution in [-0.4, -0.2) is 21.3 Å². The Kier molecular flexibility index (Phi) is 3.95. The first-order chi connectivity index (χ1) is 6.59. The lowest BCUT2D eigenvalue weighted by molar-refractivity contribution is 0.0696. The van der Waals surface area contributed by atoms with Crippen molar-refractivity contribution in [2.45, 2.75) is 24.9 Å². The van der Waals surface area contributed by atoms with E-state index < -0.39 is 5.97 Å². The van der Waals surface area contributed by atoms with Crippen LogP contribution < -0.4 is 0 Å². The molecule has 76 valence electrons. The Morgan fingerprint density at radius 3 is 2.71 bits per heavy atom. The highest BCUT2D eigenvalue weighted by atomic mass is 32.2. The summed E-state index contributed by atoms with van der Waals surface area (Å²) in [7, 11) is 0. The highest BCUT2D eigenvalue weighted by Crippen LogP contribution is 2.15. The van der Waals surface area contributed by atoms with Gasteiger partial charge in [0.2, 0.25) is 0 Å². The number of rotatable bonds is 4. The van der Waals surface area contributed by atoms with Crippen molar-refractivity contribution in [3.63, 3.8) is 0 Å². The largest absolute Gasteiger partial charge is 0.478 e. The number of thioether (sulfide) groups is 1. The van der Waals surface area contributed by atoms with E-state index in [1.165, 1.54) is 6.20 Å². The third kappa shape index (κ3) is 3.38. The molecule has 0 aliphatic carbocycles. The lowest BCUT2D eigenvalue weighted by Gasteiger charge is -2.03. The van der Waals surface area contributed by atoms with Gasteiger partial charge in [-0.3, -0.25) is 4.98 Å². The van der Waals surface area contributed by atoms with Gasteiger partial charge in [0.1, 0.15) is 0 Å². The Labute approximate surface area is 87.6 Å². The van der Waals surface area contributed by atoms with Crippen molar-refractivity contribution in [2.24, 2.45) is 0 Å². The fourth-order valence-corrected chi connectivity index (χ4v) is 1.56. The van der Waals surface area contributed by atoms with Crippen molar-refractivity contribution < 1.29 is 9.90 Å². The molecule has 3 nitrogen and oxygen atoms in total. The molecule has 0 bridgehead atoms. The molecule has 14 heavy (non-hydrogen) atoms. The van der Waals surface area contributed by atoms with E-state index in [1.807, 2.05) is 0 Å². The van der Waals surface area contributed by atoms with Gasteiger partial charge in [0, 0.05) is 11.9 Å². The predicted molar refractivity (Wildman–Crippen MR) is 57.6 cm³/mol. The van der Waals surface area contributed by atoms with Crippen LogP contribution in [0.2, 0.25) is 0 Å². The van der Waals surface area contributed by atoms with Gasteiger partial charge in [0.25, 0.3) is 0 Å². The van der Waals surface area contributed by atoms with E-state index in [-0.39, 0.29) is 5.56 Å². The molecule has 0 spiro atoms. The molecule has 0 atom stereocenters. The molecule has 0 amide bonds. The molecular formula is C10H13NO2S. The monoisotopic (exact) mass is 211 g/mol. The van der Waals surface area contributed by atoms with E-state index in [9.17, 15) is 4.79 Å². The molecule has 0 unspecified atom stereocenters. The third-order valence-electron chi connectivity index (χ3n) is 1.64. The van der Waals surface area contributed by atoms with Crippen LogP contribution in [0.1, 0.15) is 29.9 Å². The number of pyridine rings is 1. The van der Waals surface area contributed by atoms with E-state index in [0.29, 0.717) is 5.25 Å². The van der Waals surface area contributed by atoms with Crippen LogP contribution in [0.3, 0.4) is 0 Å². The molecule has 1 rings (SSSR count). The SMILES string of the molecule is CC(C)SCc1ccc(C(=O)O)cn1. The van der Waals surface area contributed by atoms with Crippen LogP contribution in [0, 0.1) is 0 Å². The van der Waals surface area contributed by atoms with Crippen LogP contribution in [-0.2, 0) is 5.75 Å². The molecule has 0 radical (unpaired) electrons. The van der Waals surface area contributed by atoms with Crippen LogP contribution in [0.4, 0.5) is 0 Å². The summed E-state index contributed by atoms with van der Waals surface area (Å²) in [5.41, 5.74) is 1.16. The molecule has 1 heterocycles. The fraction of sp³-hybridized carbons (Fsp3) is 0.400. The Bertz CT molecular complexity index is 308. The number of hydrogen-bond donors (Lipinski definition) is 1. The summed E-state index contributed by atoms with van der Waals surface area (Å²) in [6.07, 6.45) is 1.40. The van der Waals surface area contributed by atoms with Crippen LogP contribution >= 0.6 is 11.8 Å². The van der Waals surface area contributed by atoms with Crippen molar-refractivity contribution in [2.75, 3.05) is 0 Å². The zero-order chi connectivity index (χ0) is 10.6. The molecule has 0 aliphatic rings. The van der Waals surface area contributed by atoms with Gasteiger partial charge in [-0.2, -0.15) is 11.8 Å². The van der Waals surface area contributed by atoms with E-state index >= 15 is 0 Å². The minimum atomic E-state index is -0.930. The number of carboxylic acids is 1. The first-order valence-corrected chi connectivity index (χ1v) is 5.44. The van der Waals surface area contributed by atoms with E-state index in [0.717, 1.165) is 11.4 Å². The van der Waals surface area contributed by atoms with Crippen molar-refractivity contribution in [1.82, 2.24) is 4.98 Å². The number of aromatic nitrogens is 1. The second kappa shape index (κ2) is 5.00. The summed E-state index contributed by atoms with van der Waals surface area (Å²) in [5, 5.41) is 9.21. The molecule has 0 saturated heterocycles. The maximum atomic E-state index is 10.5. The standard InChI is InChI=1S/C10H13NO2S/c1-7(2)14-6-9-4-3-8(5-11-9)10(12)13/h3-5,7H,6H2,1-2H3,(H,12,13). The molecule has 0 aliphatic heterocycles. The van der Waals surface area contributed by atoms with Crippen LogP contribution in [0.5, 0.6) is 0 Å². The minimum Gasteiger partial charge on any atom is -0.478 e. The topological polar surface area (TPSA) is 50.2 Å². The van der Waals surface area contributed by atoms with Crippen LogP contribution in [0.25, 0.3) is 0 Å². The first kappa shape index (κ1) is 11.0. The molecule has 4 heteroatoms. The first-order valence-electron chi connectivity index (χ1n) is 4.39. The molecule has 1 aromatic rings. The second-order valence-electron chi connectivity index (χ2n) is 3.20. The molecule has 0 fully saturated rings. The molecule has 0 saturated carbocycles. The van der Waals surface area contributed by atoms with Crippen molar-refractivity contribution in [1.29, 1.82) is 0 Å². The molecule has 1 aromatic heterocycles. The fourth-order valence-electron chi connectivity index (χ4n) is 0.888. The normalized spacial score (nSPS) is 10.5. The summed E-state index contributed by atoms with van der Waals surface area (Å²) in [4.78, 5) is 14.6. The van der Waals surface area contributed by atoms with Gasteiger partial charge in [0.05, 0.1) is 11.3 Å². The number of carbonyl (C=O) groups is 1. The van der Waals surface area contributed by atoms with Gasteiger partial charge in [-0.25, -0.2) is 4.79 Å². The van der Waals surface area contributed by atoms with Crippen molar-refractivity contribution in [3.05, 3.63) is 29.6 Å². The summed E-state index contributed by atoms with van der Waals surface area (Å²) in [6.45, 7) is 4.24. The lowest BCUT2D eigenvalue weighted by Crippen LogP contribution is -1.98. The van der Waals surface area contributed by atoms with Gasteiger partial charge in [-0.05, 0) is 17.4 Å². The Hall–Kier alpha value is -1.03. The summed E-state index contributed by atoms with van der Waals surface area (Å²) >= 11 is 1.79. The number of carboxylic acid groups (broad SMARTS) is 1. The van der Waals surface area contributed by atoms with E-state index in [4.69, 9.17) is 5.11 Å². The highest BCUT2D eigenvalue weighted by molar-refractivity contribution is 7.99. The smallest absolute Gasteiger partial charge is 0.337 e.